The molecular formula is C10H17NO6. The summed E-state index contributed by atoms with van der Waals surface area (Å²) in [4.78, 5) is 33.2. The van der Waals surface area contributed by atoms with E-state index < -0.39 is 36.0 Å². The van der Waals surface area contributed by atoms with Gasteiger partial charge in [0.05, 0.1) is 0 Å². The molecule has 0 rings (SSSR count). The van der Waals surface area contributed by atoms with Gasteiger partial charge in [-0.25, -0.2) is 9.59 Å². The fraction of sp³-hybridized carbons (Fsp3) is 0.700. The summed E-state index contributed by atoms with van der Waals surface area (Å²) >= 11 is 0. The van der Waals surface area contributed by atoms with Crippen molar-refractivity contribution >= 4 is 18.0 Å². The van der Waals surface area contributed by atoms with Crippen molar-refractivity contribution in [3.63, 3.8) is 0 Å². The third-order valence-corrected chi connectivity index (χ3v) is 2.16. The van der Waals surface area contributed by atoms with Crippen LogP contribution >= 0.6 is 0 Å². The van der Waals surface area contributed by atoms with Gasteiger partial charge in [-0.1, -0.05) is 0 Å². The number of carboxylic acids is 2. The van der Waals surface area contributed by atoms with Crippen LogP contribution in [-0.4, -0.2) is 49.8 Å². The van der Waals surface area contributed by atoms with Gasteiger partial charge in [-0.2, -0.15) is 0 Å². The first-order valence-electron chi connectivity index (χ1n) is 5.04. The Morgan fingerprint density at radius 2 is 1.59 bits per heavy atom. The highest BCUT2D eigenvalue weighted by atomic mass is 16.4. The Bertz CT molecular complexity index is 319. The van der Waals surface area contributed by atoms with Gasteiger partial charge >= 0.3 is 18.0 Å². The Hall–Kier alpha value is -1.79. The zero-order valence-corrected chi connectivity index (χ0v) is 10.0. The molecule has 1 atom stereocenters. The zero-order chi connectivity index (χ0) is 13.8. The van der Waals surface area contributed by atoms with Crippen LogP contribution < -0.4 is 0 Å². The van der Waals surface area contributed by atoms with Gasteiger partial charge in [0.25, 0.3) is 0 Å². The maximum Gasteiger partial charge on any atom is 0.408 e. The Kier molecular flexibility index (Phi) is 4.93. The lowest BCUT2D eigenvalue weighted by Crippen LogP contribution is -2.54. The van der Waals surface area contributed by atoms with Crippen LogP contribution in [0.3, 0.4) is 0 Å². The summed E-state index contributed by atoms with van der Waals surface area (Å²) in [5.41, 5.74) is -0.909. The maximum absolute atomic E-state index is 11.1. The highest BCUT2D eigenvalue weighted by Gasteiger charge is 2.37. The first-order chi connectivity index (χ1) is 7.57. The zero-order valence-electron chi connectivity index (χ0n) is 10.0. The third-order valence-electron chi connectivity index (χ3n) is 2.16. The van der Waals surface area contributed by atoms with Crippen LogP contribution in [0.4, 0.5) is 4.79 Å². The predicted octanol–water partition coefficient (Wildman–Crippen LogP) is 1.08. The van der Waals surface area contributed by atoms with Crippen LogP contribution in [-0.2, 0) is 9.59 Å². The van der Waals surface area contributed by atoms with Gasteiger partial charge in [0.2, 0.25) is 0 Å². The molecule has 0 radical (unpaired) electrons. The number of hydrogen-bond acceptors (Lipinski definition) is 3. The summed E-state index contributed by atoms with van der Waals surface area (Å²) in [5, 5.41) is 26.5. The molecule has 0 aliphatic rings. The number of amides is 1. The van der Waals surface area contributed by atoms with Crippen molar-refractivity contribution in [3.05, 3.63) is 0 Å². The maximum atomic E-state index is 11.1. The quantitative estimate of drug-likeness (QED) is 0.669. The lowest BCUT2D eigenvalue weighted by atomic mass is 10.0. The molecule has 0 aromatic carbocycles. The molecule has 0 aromatic heterocycles. The van der Waals surface area contributed by atoms with E-state index >= 15 is 0 Å². The smallest absolute Gasteiger partial charge is 0.408 e. The fourth-order valence-electron chi connectivity index (χ4n) is 1.51. The van der Waals surface area contributed by atoms with E-state index in [1.807, 2.05) is 0 Å². The molecule has 0 spiro atoms. The van der Waals surface area contributed by atoms with Crippen molar-refractivity contribution in [3.8, 4) is 0 Å². The van der Waals surface area contributed by atoms with Crippen molar-refractivity contribution in [1.29, 1.82) is 0 Å². The van der Waals surface area contributed by atoms with Gasteiger partial charge in [0.1, 0.15) is 6.04 Å². The minimum absolute atomic E-state index is 0.256. The molecule has 0 aliphatic carbocycles. The van der Waals surface area contributed by atoms with E-state index in [0.717, 1.165) is 4.90 Å². The third kappa shape index (κ3) is 4.71. The normalized spacial score (nSPS) is 12.9. The van der Waals surface area contributed by atoms with Crippen LogP contribution in [0.15, 0.2) is 0 Å². The topological polar surface area (TPSA) is 115 Å². The Morgan fingerprint density at radius 1 is 1.12 bits per heavy atom. The standard InChI is InChI=1S/C10H17NO6/c1-10(2,3)11(9(16)17)6(8(14)15)4-5-7(12)13/h6H,4-5H2,1-3H3,(H,12,13)(H,14,15)(H,16,17)/t6-/m0/s1. The van der Waals surface area contributed by atoms with E-state index in [0.29, 0.717) is 0 Å². The van der Waals surface area contributed by atoms with Gasteiger partial charge in [0.15, 0.2) is 0 Å². The molecule has 0 aromatic rings. The summed E-state index contributed by atoms with van der Waals surface area (Å²) in [6, 6.07) is -1.36. The molecule has 7 heteroatoms. The van der Waals surface area contributed by atoms with E-state index in [9.17, 15) is 14.4 Å². The van der Waals surface area contributed by atoms with Crippen molar-refractivity contribution in [2.45, 2.75) is 45.2 Å². The minimum Gasteiger partial charge on any atom is -0.481 e. The van der Waals surface area contributed by atoms with Crippen LogP contribution in [0.1, 0.15) is 33.6 Å². The molecule has 0 saturated carbocycles. The van der Waals surface area contributed by atoms with Crippen LogP contribution in [0, 0.1) is 0 Å². The molecule has 98 valence electrons. The Morgan fingerprint density at radius 3 is 1.82 bits per heavy atom. The van der Waals surface area contributed by atoms with E-state index in [-0.39, 0.29) is 6.42 Å². The number of rotatable bonds is 5. The molecular weight excluding hydrogens is 230 g/mol. The number of nitrogens with zero attached hydrogens (tertiary/aromatic N) is 1. The van der Waals surface area contributed by atoms with Crippen LogP contribution in [0.2, 0.25) is 0 Å². The van der Waals surface area contributed by atoms with Gasteiger partial charge in [-0.05, 0) is 27.2 Å². The molecule has 17 heavy (non-hydrogen) atoms. The highest BCUT2D eigenvalue weighted by molar-refractivity contribution is 5.80. The summed E-state index contributed by atoms with van der Waals surface area (Å²) in [5.74, 6) is -2.50. The second kappa shape index (κ2) is 5.51. The fourth-order valence-corrected chi connectivity index (χ4v) is 1.51. The van der Waals surface area contributed by atoms with E-state index in [1.54, 1.807) is 20.8 Å². The second-order valence-corrected chi connectivity index (χ2v) is 4.61. The molecule has 7 nitrogen and oxygen atoms in total. The van der Waals surface area contributed by atoms with Crippen LogP contribution in [0.5, 0.6) is 0 Å². The number of aliphatic carboxylic acids is 2. The number of carbonyl (C=O) groups is 3. The predicted molar refractivity (Wildman–Crippen MR) is 57.9 cm³/mol. The van der Waals surface area contributed by atoms with E-state index in [1.165, 1.54) is 0 Å². The molecule has 0 fully saturated rings. The molecule has 0 bridgehead atoms. The Labute approximate surface area is 98.7 Å². The van der Waals surface area contributed by atoms with Crippen molar-refractivity contribution in [2.75, 3.05) is 0 Å². The molecule has 1 amide bonds. The molecule has 3 N–H and O–H groups in total. The highest BCUT2D eigenvalue weighted by Crippen LogP contribution is 2.20. The number of carboxylic acid groups (broad SMARTS) is 3. The van der Waals surface area contributed by atoms with E-state index in [4.69, 9.17) is 15.3 Å². The number of hydrogen-bond donors (Lipinski definition) is 3. The average molecular weight is 247 g/mol. The first kappa shape index (κ1) is 15.2. The van der Waals surface area contributed by atoms with Crippen molar-refractivity contribution in [2.24, 2.45) is 0 Å². The summed E-state index contributed by atoms with van der Waals surface area (Å²) in [6.45, 7) is 4.66. The van der Waals surface area contributed by atoms with Gasteiger partial charge in [0, 0.05) is 12.0 Å². The lowest BCUT2D eigenvalue weighted by Gasteiger charge is -2.37. The molecule has 0 saturated heterocycles. The van der Waals surface area contributed by atoms with Crippen molar-refractivity contribution in [1.82, 2.24) is 4.90 Å². The second-order valence-electron chi connectivity index (χ2n) is 4.61. The largest absolute Gasteiger partial charge is 0.481 e. The Balaban J connectivity index is 5.05. The minimum atomic E-state index is -1.38. The molecule has 0 unspecified atom stereocenters. The summed E-state index contributed by atoms with van der Waals surface area (Å²) < 4.78 is 0. The molecule has 0 heterocycles. The van der Waals surface area contributed by atoms with Gasteiger partial charge in [-0.15, -0.1) is 0 Å². The SMILES string of the molecule is CC(C)(C)N(C(=O)O)[C@@H](CCC(=O)O)C(=O)O. The van der Waals surface area contributed by atoms with Crippen molar-refractivity contribution < 1.29 is 29.7 Å². The summed E-state index contributed by atoms with van der Waals surface area (Å²) in [6.07, 6.45) is -2.03. The van der Waals surface area contributed by atoms with Crippen LogP contribution in [0.25, 0.3) is 0 Å². The van der Waals surface area contributed by atoms with Gasteiger partial charge in [-0.3, -0.25) is 9.69 Å². The molecule has 0 aliphatic heterocycles. The van der Waals surface area contributed by atoms with E-state index in [2.05, 4.69) is 0 Å². The van der Waals surface area contributed by atoms with Gasteiger partial charge < -0.3 is 15.3 Å². The summed E-state index contributed by atoms with van der Waals surface area (Å²) in [7, 11) is 0. The lowest BCUT2D eigenvalue weighted by molar-refractivity contribution is -0.145. The monoisotopic (exact) mass is 247 g/mol. The first-order valence-corrected chi connectivity index (χ1v) is 5.04. The average Bonchev–Trinajstić information content (AvgIpc) is 2.07.